The highest BCUT2D eigenvalue weighted by atomic mass is 16.5. The van der Waals surface area contributed by atoms with E-state index in [0.29, 0.717) is 5.92 Å². The topological polar surface area (TPSA) is 39.2 Å². The summed E-state index contributed by atoms with van der Waals surface area (Å²) in [5.74, 6) is 0.136. The number of methoxy groups -OCH3 is 1. The van der Waals surface area contributed by atoms with Crippen molar-refractivity contribution in [3.63, 3.8) is 0 Å². The predicted octanol–water partition coefficient (Wildman–Crippen LogP) is 3.16. The Labute approximate surface area is 103 Å². The molecule has 1 aromatic heterocycles. The molecule has 0 radical (unpaired) electrons. The number of ether oxygens (including phenoxy) is 1. The van der Waals surface area contributed by atoms with Gasteiger partial charge < -0.3 is 4.74 Å². The maximum atomic E-state index is 11.7. The fraction of sp³-hybridized carbons (Fsp3) is 0.571. The molecule has 0 saturated carbocycles. The third kappa shape index (κ3) is 3.55. The number of nitrogens with zero attached hydrogens (tertiary/aromatic N) is 1. The van der Waals surface area contributed by atoms with Gasteiger partial charge in [0.25, 0.3) is 0 Å². The van der Waals surface area contributed by atoms with E-state index in [4.69, 9.17) is 4.74 Å². The van der Waals surface area contributed by atoms with Gasteiger partial charge in [0.2, 0.25) is 0 Å². The fourth-order valence-electron chi connectivity index (χ4n) is 2.05. The zero-order valence-corrected chi connectivity index (χ0v) is 11.1. The molecule has 0 aromatic carbocycles. The van der Waals surface area contributed by atoms with Crippen LogP contribution in [0.5, 0.6) is 0 Å². The second-order valence-corrected chi connectivity index (χ2v) is 4.94. The van der Waals surface area contributed by atoms with Crippen LogP contribution in [-0.2, 0) is 9.53 Å². The van der Waals surface area contributed by atoms with Crippen molar-refractivity contribution < 1.29 is 9.53 Å². The van der Waals surface area contributed by atoms with Gasteiger partial charge in [0, 0.05) is 17.8 Å². The number of esters is 1. The van der Waals surface area contributed by atoms with E-state index in [2.05, 4.69) is 11.9 Å². The summed E-state index contributed by atoms with van der Waals surface area (Å²) in [6, 6.07) is 5.90. The van der Waals surface area contributed by atoms with E-state index in [1.165, 1.54) is 7.11 Å². The molecule has 0 bridgehead atoms. The van der Waals surface area contributed by atoms with Gasteiger partial charge in [-0.05, 0) is 38.8 Å². The first-order valence-electron chi connectivity index (χ1n) is 6.00. The highest BCUT2D eigenvalue weighted by Gasteiger charge is 2.32. The van der Waals surface area contributed by atoms with E-state index in [0.717, 1.165) is 18.5 Å². The molecule has 0 spiro atoms. The van der Waals surface area contributed by atoms with Gasteiger partial charge in [-0.25, -0.2) is 0 Å². The van der Waals surface area contributed by atoms with Crippen LogP contribution in [0.15, 0.2) is 24.4 Å². The predicted molar refractivity (Wildman–Crippen MR) is 67.7 cm³/mol. The normalized spacial score (nSPS) is 13.2. The number of aromatic nitrogens is 1. The molecular weight excluding hydrogens is 214 g/mol. The van der Waals surface area contributed by atoms with E-state index in [-0.39, 0.29) is 5.97 Å². The molecule has 1 heterocycles. The molecule has 0 fully saturated rings. The molecule has 0 N–H and O–H groups in total. The fourth-order valence-corrected chi connectivity index (χ4v) is 2.05. The Kier molecular flexibility index (Phi) is 4.67. The maximum absolute atomic E-state index is 11.7. The molecule has 0 amide bonds. The number of pyridine rings is 1. The minimum absolute atomic E-state index is 0.160. The number of carbonyl (C=O) groups excluding carboxylic acids is 1. The van der Waals surface area contributed by atoms with Crippen molar-refractivity contribution in [1.29, 1.82) is 0 Å². The van der Waals surface area contributed by atoms with E-state index in [1.807, 2.05) is 32.0 Å². The minimum atomic E-state index is -0.465. The Morgan fingerprint density at radius 3 is 2.65 bits per heavy atom. The van der Waals surface area contributed by atoms with Crippen LogP contribution in [0.1, 0.15) is 45.2 Å². The van der Waals surface area contributed by atoms with Crippen LogP contribution in [0.4, 0.5) is 0 Å². The summed E-state index contributed by atoms with van der Waals surface area (Å²) in [6.45, 7) is 5.96. The van der Waals surface area contributed by atoms with Crippen LogP contribution >= 0.6 is 0 Å². The zero-order valence-electron chi connectivity index (χ0n) is 11.1. The average molecular weight is 235 g/mol. The molecule has 1 aromatic rings. The molecule has 1 atom stereocenters. The summed E-state index contributed by atoms with van der Waals surface area (Å²) in [6.07, 6.45) is 3.52. The molecule has 3 nitrogen and oxygen atoms in total. The first kappa shape index (κ1) is 13.7. The van der Waals surface area contributed by atoms with Gasteiger partial charge in [0.1, 0.15) is 0 Å². The van der Waals surface area contributed by atoms with Crippen molar-refractivity contribution in [2.75, 3.05) is 7.11 Å². The van der Waals surface area contributed by atoms with Gasteiger partial charge in [-0.3, -0.25) is 9.78 Å². The van der Waals surface area contributed by atoms with E-state index in [9.17, 15) is 4.79 Å². The summed E-state index contributed by atoms with van der Waals surface area (Å²) in [5, 5.41) is 0. The molecule has 3 heteroatoms. The van der Waals surface area contributed by atoms with Gasteiger partial charge in [-0.2, -0.15) is 0 Å². The van der Waals surface area contributed by atoms with Crippen molar-refractivity contribution in [2.24, 2.45) is 5.41 Å². The summed E-state index contributed by atoms with van der Waals surface area (Å²) in [5.41, 5.74) is 0.583. The summed E-state index contributed by atoms with van der Waals surface area (Å²) >= 11 is 0. The van der Waals surface area contributed by atoms with Gasteiger partial charge >= 0.3 is 5.97 Å². The highest BCUT2D eigenvalue weighted by Crippen LogP contribution is 2.33. The first-order valence-corrected chi connectivity index (χ1v) is 6.00. The van der Waals surface area contributed by atoms with E-state index in [1.54, 1.807) is 6.20 Å². The summed E-state index contributed by atoms with van der Waals surface area (Å²) in [4.78, 5) is 16.0. The lowest BCUT2D eigenvalue weighted by atomic mass is 9.80. The molecule has 17 heavy (non-hydrogen) atoms. The van der Waals surface area contributed by atoms with Crippen molar-refractivity contribution in [1.82, 2.24) is 4.98 Å². The average Bonchev–Trinajstić information content (AvgIpc) is 2.36. The lowest BCUT2D eigenvalue weighted by molar-refractivity contribution is -0.151. The van der Waals surface area contributed by atoms with Crippen LogP contribution in [0, 0.1) is 5.41 Å². The van der Waals surface area contributed by atoms with Crippen LogP contribution in [-0.4, -0.2) is 18.1 Å². The second kappa shape index (κ2) is 5.80. The van der Waals surface area contributed by atoms with E-state index >= 15 is 0 Å². The Hall–Kier alpha value is -1.38. The van der Waals surface area contributed by atoms with Gasteiger partial charge in [0.05, 0.1) is 12.5 Å². The largest absolute Gasteiger partial charge is 0.469 e. The highest BCUT2D eigenvalue weighted by molar-refractivity contribution is 5.75. The number of rotatable bonds is 5. The van der Waals surface area contributed by atoms with Crippen molar-refractivity contribution in [3.05, 3.63) is 30.1 Å². The van der Waals surface area contributed by atoms with Crippen LogP contribution < -0.4 is 0 Å². The van der Waals surface area contributed by atoms with Crippen molar-refractivity contribution in [2.45, 2.75) is 39.5 Å². The lowest BCUT2D eigenvalue weighted by Gasteiger charge is -2.26. The molecule has 0 saturated heterocycles. The smallest absolute Gasteiger partial charge is 0.311 e. The molecule has 0 aliphatic carbocycles. The Morgan fingerprint density at radius 2 is 2.18 bits per heavy atom. The van der Waals surface area contributed by atoms with Crippen LogP contribution in [0.25, 0.3) is 0 Å². The third-order valence-electron chi connectivity index (χ3n) is 3.09. The van der Waals surface area contributed by atoms with Gasteiger partial charge in [-0.1, -0.05) is 13.0 Å². The Balaban J connectivity index is 2.81. The monoisotopic (exact) mass is 235 g/mol. The Morgan fingerprint density at radius 1 is 1.47 bits per heavy atom. The second-order valence-electron chi connectivity index (χ2n) is 4.94. The molecule has 0 aliphatic heterocycles. The zero-order chi connectivity index (χ0) is 12.9. The maximum Gasteiger partial charge on any atom is 0.311 e. The standard InChI is InChI=1S/C14H21NO2/c1-5-11(12-8-6-7-9-15-12)10-14(2,3)13(16)17-4/h6-9,11H,5,10H2,1-4H3. The van der Waals surface area contributed by atoms with Crippen LogP contribution in [0.2, 0.25) is 0 Å². The SMILES string of the molecule is CCC(CC(C)(C)C(=O)OC)c1ccccn1. The Bertz CT molecular complexity index is 360. The quantitative estimate of drug-likeness (QED) is 0.736. The first-order chi connectivity index (χ1) is 8.01. The number of hydrogen-bond donors (Lipinski definition) is 0. The minimum Gasteiger partial charge on any atom is -0.469 e. The van der Waals surface area contributed by atoms with Gasteiger partial charge in [0.15, 0.2) is 0 Å². The van der Waals surface area contributed by atoms with Crippen molar-refractivity contribution in [3.8, 4) is 0 Å². The molecule has 94 valence electrons. The van der Waals surface area contributed by atoms with Crippen molar-refractivity contribution >= 4 is 5.97 Å². The van der Waals surface area contributed by atoms with Crippen LogP contribution in [0.3, 0.4) is 0 Å². The summed E-state index contributed by atoms with van der Waals surface area (Å²) < 4.78 is 4.84. The molecular formula is C14H21NO2. The number of hydrogen-bond acceptors (Lipinski definition) is 3. The molecule has 0 aliphatic rings. The molecule has 1 rings (SSSR count). The summed E-state index contributed by atoms with van der Waals surface area (Å²) in [7, 11) is 1.44. The number of carbonyl (C=O) groups is 1. The molecule has 1 unspecified atom stereocenters. The third-order valence-corrected chi connectivity index (χ3v) is 3.09. The van der Waals surface area contributed by atoms with Gasteiger partial charge in [-0.15, -0.1) is 0 Å². The lowest BCUT2D eigenvalue weighted by Crippen LogP contribution is -2.28. The van der Waals surface area contributed by atoms with E-state index < -0.39 is 5.41 Å².